The maximum atomic E-state index is 8.63. The van der Waals surface area contributed by atoms with E-state index in [0.29, 0.717) is 5.75 Å². The third-order valence-electron chi connectivity index (χ3n) is 4.80. The molecule has 2 aliphatic heterocycles. The number of nitrogens with zero attached hydrogens (tertiary/aromatic N) is 2. The van der Waals surface area contributed by atoms with Crippen LogP contribution in [-0.4, -0.2) is 25.0 Å². The van der Waals surface area contributed by atoms with Gasteiger partial charge in [0, 0.05) is 38.6 Å². The largest absolute Gasteiger partial charge is 0.508 e. The molecule has 5 heterocycles. The van der Waals surface area contributed by atoms with E-state index in [4.69, 9.17) is 5.11 Å². The number of aromatic nitrogens is 4. The normalized spacial score (nSPS) is 11.4. The van der Waals surface area contributed by atoms with Gasteiger partial charge >= 0.3 is 0 Å². The first-order valence-electron chi connectivity index (χ1n) is 9.98. The van der Waals surface area contributed by atoms with E-state index in [9.17, 15) is 0 Å². The number of para-hydroxylation sites is 1. The summed E-state index contributed by atoms with van der Waals surface area (Å²) < 4.78 is 0. The van der Waals surface area contributed by atoms with Crippen molar-refractivity contribution in [3.63, 3.8) is 0 Å². The molecule has 0 amide bonds. The van der Waals surface area contributed by atoms with E-state index in [2.05, 4.69) is 44.2 Å². The maximum absolute atomic E-state index is 8.63. The zero-order valence-electron chi connectivity index (χ0n) is 17.0. The van der Waals surface area contributed by atoms with Crippen LogP contribution in [0.5, 0.6) is 5.75 Å². The molecule has 160 valence electrons. The van der Waals surface area contributed by atoms with Crippen molar-refractivity contribution in [1.82, 2.24) is 19.9 Å². The number of aromatic amines is 2. The number of phenols is 1. The molecule has 0 spiro atoms. The summed E-state index contributed by atoms with van der Waals surface area (Å²) in [5, 5.41) is 8.63. The average molecular weight is 463 g/mol. The predicted octanol–water partition coefficient (Wildman–Crippen LogP) is 6.05. The van der Waals surface area contributed by atoms with Crippen LogP contribution in [0.3, 0.4) is 0 Å². The van der Waals surface area contributed by atoms with Gasteiger partial charge in [-0.25, -0.2) is 9.97 Å². The van der Waals surface area contributed by atoms with Crippen molar-refractivity contribution in [1.29, 1.82) is 0 Å². The summed E-state index contributed by atoms with van der Waals surface area (Å²) in [6, 6.07) is 25.1. The van der Waals surface area contributed by atoms with Crippen LogP contribution in [0.4, 0.5) is 0 Å². The van der Waals surface area contributed by atoms with E-state index >= 15 is 0 Å². The Labute approximate surface area is 195 Å². The molecule has 0 unspecified atom stereocenters. The zero-order chi connectivity index (χ0) is 21.0. The Morgan fingerprint density at radius 2 is 0.844 bits per heavy atom. The van der Waals surface area contributed by atoms with E-state index < -0.39 is 0 Å². The van der Waals surface area contributed by atoms with Crippen molar-refractivity contribution in [3.05, 3.63) is 102 Å². The van der Waals surface area contributed by atoms with Crippen LogP contribution in [0.1, 0.15) is 22.8 Å². The van der Waals surface area contributed by atoms with Crippen LogP contribution in [0.15, 0.2) is 78.9 Å². The molecule has 32 heavy (non-hydrogen) atoms. The first-order valence-corrected chi connectivity index (χ1v) is 9.98. The Morgan fingerprint density at radius 1 is 0.500 bits per heavy atom. The number of nitrogens with one attached hydrogen (secondary N) is 2. The fourth-order valence-electron chi connectivity index (χ4n) is 3.37. The van der Waals surface area contributed by atoms with Crippen molar-refractivity contribution in [2.75, 3.05) is 0 Å². The number of benzene rings is 1. The molecule has 0 radical (unpaired) electrons. The predicted molar refractivity (Wildman–Crippen MR) is 127 cm³/mol. The molecule has 3 N–H and O–H groups in total. The summed E-state index contributed by atoms with van der Waals surface area (Å²) >= 11 is 0. The van der Waals surface area contributed by atoms with Gasteiger partial charge in [0.1, 0.15) is 5.75 Å². The van der Waals surface area contributed by atoms with Crippen LogP contribution in [0.25, 0.3) is 46.4 Å². The van der Waals surface area contributed by atoms with Crippen molar-refractivity contribution < 1.29 is 21.6 Å². The van der Waals surface area contributed by atoms with Gasteiger partial charge in [-0.3, -0.25) is 0 Å². The number of rotatable bonds is 0. The Morgan fingerprint density at radius 3 is 1.12 bits per heavy atom. The standard InChI is InChI=1S/C20H14N4.C6H6O.Ni/c1-2-14-10-16-5-6-18(23-16)12-20-8-7-19(24-20)11-17-4-3-15(22-17)9-13(1)21-14;7-6-4-2-1-3-5-6;/h1-12,21,24H;1-5,7H;. The molecule has 8 bridgehead atoms. The summed E-state index contributed by atoms with van der Waals surface area (Å²) in [6.45, 7) is 0. The van der Waals surface area contributed by atoms with E-state index in [1.54, 1.807) is 24.3 Å². The maximum Gasteiger partial charge on any atom is 0.115 e. The first-order chi connectivity index (χ1) is 15.2. The number of fused-ring (bicyclic) bond motifs is 8. The molecule has 0 saturated heterocycles. The van der Waals surface area contributed by atoms with Gasteiger partial charge in [-0.05, 0) is 85.0 Å². The van der Waals surface area contributed by atoms with Gasteiger partial charge < -0.3 is 15.1 Å². The van der Waals surface area contributed by atoms with E-state index in [0.717, 1.165) is 44.8 Å². The van der Waals surface area contributed by atoms with Crippen LogP contribution in [0.2, 0.25) is 0 Å². The zero-order valence-corrected chi connectivity index (χ0v) is 18.0. The summed E-state index contributed by atoms with van der Waals surface area (Å²) in [5.41, 5.74) is 7.86. The van der Waals surface area contributed by atoms with Crippen LogP contribution in [0, 0.1) is 0 Å². The molecule has 0 saturated carbocycles. The van der Waals surface area contributed by atoms with Crippen LogP contribution in [-0.2, 0) is 16.5 Å². The number of H-pyrrole nitrogens is 2. The fraction of sp³-hybridized carbons (Fsp3) is 0. The second-order valence-corrected chi connectivity index (χ2v) is 7.24. The molecule has 4 aromatic rings. The van der Waals surface area contributed by atoms with Crippen molar-refractivity contribution in [3.8, 4) is 5.75 Å². The van der Waals surface area contributed by atoms with Crippen molar-refractivity contribution in [2.45, 2.75) is 0 Å². The molecule has 0 atom stereocenters. The van der Waals surface area contributed by atoms with Gasteiger partial charge in [-0.2, -0.15) is 0 Å². The second-order valence-electron chi connectivity index (χ2n) is 7.24. The van der Waals surface area contributed by atoms with E-state index in [1.807, 2.05) is 54.6 Å². The third kappa shape index (κ3) is 5.23. The molecule has 2 aliphatic rings. The third-order valence-corrected chi connectivity index (χ3v) is 4.80. The molecule has 1 aromatic carbocycles. The smallest absolute Gasteiger partial charge is 0.115 e. The minimum absolute atomic E-state index is 0. The van der Waals surface area contributed by atoms with Gasteiger partial charge in [0.15, 0.2) is 0 Å². The number of hydrogen-bond acceptors (Lipinski definition) is 3. The van der Waals surface area contributed by atoms with E-state index in [-0.39, 0.29) is 16.5 Å². The SMILES string of the molecule is C1=Cc2cc3ccc(cc4nc(cc5ccc(cc1n2)[nH]5)C=C4)[nH]3.Oc1ccccc1.[Ni]. The Kier molecular flexibility index (Phi) is 6.34. The summed E-state index contributed by atoms with van der Waals surface area (Å²) in [5.74, 6) is 0.322. The molecular weight excluding hydrogens is 443 g/mol. The number of hydrogen-bond donors (Lipinski definition) is 3. The average Bonchev–Trinajstić information content (AvgIpc) is 3.55. The Balaban J connectivity index is 0.000000265. The minimum Gasteiger partial charge on any atom is -0.508 e. The summed E-state index contributed by atoms with van der Waals surface area (Å²) in [7, 11) is 0. The Bertz CT molecular complexity index is 1270. The van der Waals surface area contributed by atoms with Gasteiger partial charge in [0.2, 0.25) is 0 Å². The summed E-state index contributed by atoms with van der Waals surface area (Å²) in [6.07, 6.45) is 8.09. The Hall–Kier alpha value is -3.89. The molecule has 3 aromatic heterocycles. The fourth-order valence-corrected chi connectivity index (χ4v) is 3.37. The molecule has 6 rings (SSSR count). The molecule has 0 fully saturated rings. The van der Waals surface area contributed by atoms with Crippen LogP contribution >= 0.6 is 0 Å². The van der Waals surface area contributed by atoms with Gasteiger partial charge in [0.25, 0.3) is 0 Å². The van der Waals surface area contributed by atoms with Gasteiger partial charge in [-0.1, -0.05) is 18.2 Å². The van der Waals surface area contributed by atoms with Crippen molar-refractivity contribution in [2.24, 2.45) is 0 Å². The number of phenolic OH excluding ortho intramolecular Hbond substituents is 1. The van der Waals surface area contributed by atoms with Crippen LogP contribution < -0.4 is 0 Å². The summed E-state index contributed by atoms with van der Waals surface area (Å²) in [4.78, 5) is 16.0. The van der Waals surface area contributed by atoms with Gasteiger partial charge in [-0.15, -0.1) is 0 Å². The number of aromatic hydroxyl groups is 1. The van der Waals surface area contributed by atoms with Gasteiger partial charge in [0.05, 0.1) is 22.8 Å². The quantitative estimate of drug-likeness (QED) is 0.240. The molecule has 5 nitrogen and oxygen atoms in total. The minimum atomic E-state index is 0. The van der Waals surface area contributed by atoms with E-state index in [1.165, 1.54) is 0 Å². The second kappa shape index (κ2) is 9.50. The monoisotopic (exact) mass is 462 g/mol. The van der Waals surface area contributed by atoms with Crippen molar-refractivity contribution >= 4 is 46.4 Å². The topological polar surface area (TPSA) is 77.6 Å². The first kappa shape index (κ1) is 21.3. The molecule has 6 heteroatoms. The molecular formula is C26H20N4NiO. The molecule has 0 aliphatic carbocycles.